The summed E-state index contributed by atoms with van der Waals surface area (Å²) in [5, 5.41) is 13.6. The van der Waals surface area contributed by atoms with E-state index < -0.39 is 5.82 Å². The third-order valence-corrected chi connectivity index (χ3v) is 5.56. The SMILES string of the molecule is O=C(CSc1nnc(-c2ccc(Cl)cc2)n1-c1ccccc1)N/N=C\c1ccccc1F. The molecule has 1 heterocycles. The summed E-state index contributed by atoms with van der Waals surface area (Å²) in [6.07, 6.45) is 1.27. The van der Waals surface area contributed by atoms with Crippen molar-refractivity contribution in [2.45, 2.75) is 5.16 Å². The van der Waals surface area contributed by atoms with Gasteiger partial charge in [0.1, 0.15) is 5.82 Å². The third-order valence-electron chi connectivity index (χ3n) is 4.38. The third kappa shape index (κ3) is 5.22. The molecule has 160 valence electrons. The number of hydrogen-bond acceptors (Lipinski definition) is 5. The van der Waals surface area contributed by atoms with E-state index in [1.165, 1.54) is 24.0 Å². The van der Waals surface area contributed by atoms with Gasteiger partial charge in [0, 0.05) is 21.8 Å². The summed E-state index contributed by atoms with van der Waals surface area (Å²) in [5.74, 6) is -0.0719. The number of carbonyl (C=O) groups is 1. The van der Waals surface area contributed by atoms with Crippen LogP contribution in [0.2, 0.25) is 5.02 Å². The highest BCUT2D eigenvalue weighted by Gasteiger charge is 2.17. The second-order valence-corrected chi connectivity index (χ2v) is 7.97. The van der Waals surface area contributed by atoms with Crippen molar-refractivity contribution in [2.24, 2.45) is 5.10 Å². The lowest BCUT2D eigenvalue weighted by molar-refractivity contribution is -0.118. The average molecular weight is 466 g/mol. The molecule has 4 rings (SSSR count). The Labute approximate surface area is 193 Å². The number of hydrogen-bond donors (Lipinski definition) is 1. The highest BCUT2D eigenvalue weighted by atomic mass is 35.5. The van der Waals surface area contributed by atoms with Crippen LogP contribution >= 0.6 is 23.4 Å². The fraction of sp³-hybridized carbons (Fsp3) is 0.0435. The van der Waals surface area contributed by atoms with Crippen molar-refractivity contribution in [2.75, 3.05) is 5.75 Å². The standard InChI is InChI=1S/C23H17ClFN5OS/c24-18-12-10-16(11-13-18)22-28-29-23(30(22)19-7-2-1-3-8-19)32-15-21(31)27-26-14-17-6-4-5-9-20(17)25/h1-14H,15H2,(H,27,31)/b26-14-. The maximum atomic E-state index is 13.6. The van der Waals surface area contributed by atoms with E-state index in [4.69, 9.17) is 11.6 Å². The molecule has 0 saturated carbocycles. The molecule has 4 aromatic rings. The summed E-state index contributed by atoms with van der Waals surface area (Å²) in [7, 11) is 0. The lowest BCUT2D eigenvalue weighted by Gasteiger charge is -2.10. The molecule has 0 radical (unpaired) electrons. The van der Waals surface area contributed by atoms with Gasteiger partial charge in [-0.15, -0.1) is 10.2 Å². The van der Waals surface area contributed by atoms with Gasteiger partial charge in [-0.2, -0.15) is 5.10 Å². The zero-order valence-electron chi connectivity index (χ0n) is 16.7. The van der Waals surface area contributed by atoms with Gasteiger partial charge in [-0.3, -0.25) is 9.36 Å². The minimum atomic E-state index is -0.412. The smallest absolute Gasteiger partial charge is 0.250 e. The van der Waals surface area contributed by atoms with E-state index in [-0.39, 0.29) is 17.2 Å². The molecule has 9 heteroatoms. The predicted octanol–water partition coefficient (Wildman–Crippen LogP) is 4.97. The van der Waals surface area contributed by atoms with Crippen LogP contribution < -0.4 is 5.43 Å². The summed E-state index contributed by atoms with van der Waals surface area (Å²) < 4.78 is 15.5. The zero-order valence-corrected chi connectivity index (χ0v) is 18.2. The number of rotatable bonds is 7. The Balaban J connectivity index is 1.50. The van der Waals surface area contributed by atoms with Crippen molar-refractivity contribution in [3.8, 4) is 17.1 Å². The predicted molar refractivity (Wildman–Crippen MR) is 125 cm³/mol. The van der Waals surface area contributed by atoms with E-state index in [0.717, 1.165) is 11.3 Å². The molecule has 0 aliphatic heterocycles. The van der Waals surface area contributed by atoms with E-state index in [1.807, 2.05) is 47.0 Å². The van der Waals surface area contributed by atoms with Crippen LogP contribution in [-0.4, -0.2) is 32.6 Å². The second kappa shape index (κ2) is 10.2. The summed E-state index contributed by atoms with van der Waals surface area (Å²) >= 11 is 7.23. The van der Waals surface area contributed by atoms with E-state index >= 15 is 0 Å². The molecule has 0 atom stereocenters. The molecule has 0 spiro atoms. The van der Waals surface area contributed by atoms with Gasteiger partial charge >= 0.3 is 0 Å². The Morgan fingerprint density at radius 3 is 2.50 bits per heavy atom. The van der Waals surface area contributed by atoms with Crippen LogP contribution in [-0.2, 0) is 4.79 Å². The van der Waals surface area contributed by atoms with Crippen LogP contribution in [0.5, 0.6) is 0 Å². The quantitative estimate of drug-likeness (QED) is 0.237. The number of amides is 1. The van der Waals surface area contributed by atoms with Crippen molar-refractivity contribution in [3.63, 3.8) is 0 Å². The van der Waals surface area contributed by atoms with Crippen molar-refractivity contribution < 1.29 is 9.18 Å². The van der Waals surface area contributed by atoms with Gasteiger partial charge < -0.3 is 0 Å². The first-order valence-electron chi connectivity index (χ1n) is 9.58. The number of benzene rings is 3. The molecule has 6 nitrogen and oxygen atoms in total. The molecule has 0 aliphatic rings. The number of para-hydroxylation sites is 1. The fourth-order valence-electron chi connectivity index (χ4n) is 2.88. The Bertz CT molecular complexity index is 1240. The number of carbonyl (C=O) groups excluding carboxylic acids is 1. The molecule has 1 N–H and O–H groups in total. The van der Waals surface area contributed by atoms with Gasteiger partial charge in [-0.25, -0.2) is 9.82 Å². The van der Waals surface area contributed by atoms with Crippen LogP contribution in [0, 0.1) is 5.82 Å². The number of halogens is 2. The fourth-order valence-corrected chi connectivity index (χ4v) is 3.75. The Kier molecular flexibility index (Phi) is 6.94. The molecular formula is C23H17ClFN5OS. The highest BCUT2D eigenvalue weighted by Crippen LogP contribution is 2.28. The van der Waals surface area contributed by atoms with Crippen LogP contribution in [0.4, 0.5) is 4.39 Å². The molecule has 0 saturated heterocycles. The minimum absolute atomic E-state index is 0.0558. The molecule has 3 aromatic carbocycles. The lowest BCUT2D eigenvalue weighted by atomic mass is 10.2. The molecule has 0 unspecified atom stereocenters. The first-order valence-corrected chi connectivity index (χ1v) is 10.9. The van der Waals surface area contributed by atoms with E-state index in [1.54, 1.807) is 30.3 Å². The topological polar surface area (TPSA) is 72.2 Å². The van der Waals surface area contributed by atoms with Gasteiger partial charge in [-0.05, 0) is 42.5 Å². The summed E-state index contributed by atoms with van der Waals surface area (Å²) in [5.41, 5.74) is 4.40. The lowest BCUT2D eigenvalue weighted by Crippen LogP contribution is -2.20. The molecule has 0 fully saturated rings. The molecule has 1 aromatic heterocycles. The molecule has 0 bridgehead atoms. The summed E-state index contributed by atoms with van der Waals surface area (Å²) in [4.78, 5) is 12.2. The number of hydrazone groups is 1. The number of thioether (sulfide) groups is 1. The van der Waals surface area contributed by atoms with Gasteiger partial charge in [0.15, 0.2) is 11.0 Å². The summed E-state index contributed by atoms with van der Waals surface area (Å²) in [6, 6.07) is 23.1. The van der Waals surface area contributed by atoms with E-state index in [9.17, 15) is 9.18 Å². The maximum Gasteiger partial charge on any atom is 0.250 e. The maximum absolute atomic E-state index is 13.6. The monoisotopic (exact) mass is 465 g/mol. The van der Waals surface area contributed by atoms with Gasteiger partial charge in [0.05, 0.1) is 12.0 Å². The number of nitrogens with one attached hydrogen (secondary N) is 1. The van der Waals surface area contributed by atoms with Crippen molar-refractivity contribution in [3.05, 3.63) is 95.3 Å². The van der Waals surface area contributed by atoms with Crippen molar-refractivity contribution in [1.82, 2.24) is 20.2 Å². The second-order valence-electron chi connectivity index (χ2n) is 6.59. The normalized spacial score (nSPS) is 11.1. The van der Waals surface area contributed by atoms with Gasteiger partial charge in [0.25, 0.3) is 5.91 Å². The Morgan fingerprint density at radius 2 is 1.75 bits per heavy atom. The zero-order chi connectivity index (χ0) is 22.3. The van der Waals surface area contributed by atoms with Crippen LogP contribution in [0.15, 0.2) is 89.1 Å². The molecule has 32 heavy (non-hydrogen) atoms. The molecule has 1 amide bonds. The Hall–Kier alpha value is -3.49. The first kappa shape index (κ1) is 21.7. The largest absolute Gasteiger partial charge is 0.272 e. The highest BCUT2D eigenvalue weighted by molar-refractivity contribution is 7.99. The van der Waals surface area contributed by atoms with Crippen LogP contribution in [0.3, 0.4) is 0 Å². The summed E-state index contributed by atoms with van der Waals surface area (Å²) in [6.45, 7) is 0. The van der Waals surface area contributed by atoms with E-state index in [2.05, 4.69) is 20.7 Å². The van der Waals surface area contributed by atoms with E-state index in [0.29, 0.717) is 16.0 Å². The Morgan fingerprint density at radius 1 is 1.03 bits per heavy atom. The minimum Gasteiger partial charge on any atom is -0.272 e. The molecular weight excluding hydrogens is 449 g/mol. The van der Waals surface area contributed by atoms with Crippen LogP contribution in [0.1, 0.15) is 5.56 Å². The molecule has 0 aliphatic carbocycles. The average Bonchev–Trinajstić information content (AvgIpc) is 3.24. The first-order chi connectivity index (χ1) is 15.6. The van der Waals surface area contributed by atoms with Crippen LogP contribution in [0.25, 0.3) is 17.1 Å². The van der Waals surface area contributed by atoms with Crippen molar-refractivity contribution in [1.29, 1.82) is 0 Å². The van der Waals surface area contributed by atoms with Gasteiger partial charge in [0.2, 0.25) is 0 Å². The van der Waals surface area contributed by atoms with Crippen molar-refractivity contribution >= 4 is 35.5 Å². The number of nitrogens with zero attached hydrogens (tertiary/aromatic N) is 4. The number of aromatic nitrogens is 3. The van der Waals surface area contributed by atoms with Gasteiger partial charge in [-0.1, -0.05) is 59.8 Å².